The quantitative estimate of drug-likeness (QED) is 0.0848. The van der Waals surface area contributed by atoms with Crippen molar-refractivity contribution >= 4 is 17.0 Å². The molecule has 2 unspecified atom stereocenters. The number of carbonyl (C=O) groups is 1. The van der Waals surface area contributed by atoms with E-state index in [4.69, 9.17) is 28.4 Å². The summed E-state index contributed by atoms with van der Waals surface area (Å²) in [6, 6.07) is 36.6. The number of hydrogen-bond donors (Lipinski definition) is 0. The van der Waals surface area contributed by atoms with Gasteiger partial charge in [-0.2, -0.15) is 0 Å². The van der Waals surface area contributed by atoms with Gasteiger partial charge in [-0.3, -0.25) is 0 Å². The summed E-state index contributed by atoms with van der Waals surface area (Å²) in [7, 11) is 3.41. The Morgan fingerprint density at radius 1 is 0.788 bits per heavy atom. The second-order valence-corrected chi connectivity index (χ2v) is 13.1. The zero-order valence-corrected chi connectivity index (χ0v) is 30.3. The van der Waals surface area contributed by atoms with Crippen molar-refractivity contribution in [2.24, 2.45) is 0 Å². The Kier molecular flexibility index (Phi) is 13.6. The molecular weight excluding hydrogens is 656 g/mol. The molecule has 0 N–H and O–H groups in total. The number of aryl methyl sites for hydroxylation is 1. The van der Waals surface area contributed by atoms with E-state index in [0.717, 1.165) is 59.7 Å². The summed E-state index contributed by atoms with van der Waals surface area (Å²) >= 11 is 0. The van der Waals surface area contributed by atoms with E-state index in [9.17, 15) is 4.79 Å². The fourth-order valence-electron chi connectivity index (χ4n) is 6.82. The second-order valence-electron chi connectivity index (χ2n) is 13.1. The van der Waals surface area contributed by atoms with E-state index < -0.39 is 0 Å². The summed E-state index contributed by atoms with van der Waals surface area (Å²) in [6.45, 7) is 4.86. The Bertz CT molecular complexity index is 1820. The van der Waals surface area contributed by atoms with Crippen molar-refractivity contribution in [3.63, 3.8) is 0 Å². The summed E-state index contributed by atoms with van der Waals surface area (Å²) in [5.41, 5.74) is 5.44. The number of methoxy groups -OCH3 is 2. The molecule has 9 nitrogen and oxygen atoms in total. The molecule has 0 aliphatic carbocycles. The molecule has 0 spiro atoms. The topological polar surface area (TPSA) is 80.6 Å². The molecule has 1 saturated heterocycles. The minimum atomic E-state index is -0.319. The van der Waals surface area contributed by atoms with Gasteiger partial charge in [0.2, 0.25) is 0 Å². The fourth-order valence-corrected chi connectivity index (χ4v) is 6.82. The molecule has 9 heteroatoms. The molecule has 274 valence electrons. The normalized spacial score (nSPS) is 15.8. The molecule has 2 atom stereocenters. The number of carbonyl (C=O) groups excluding carboxylic acids is 1. The van der Waals surface area contributed by atoms with Gasteiger partial charge in [0.05, 0.1) is 46.2 Å². The maximum absolute atomic E-state index is 13.3. The van der Waals surface area contributed by atoms with Crippen LogP contribution < -0.4 is 9.47 Å². The first-order chi connectivity index (χ1) is 25.6. The average Bonchev–Trinajstić information content (AvgIpc) is 3.55. The Balaban J connectivity index is 1.08. The third kappa shape index (κ3) is 9.94. The zero-order chi connectivity index (χ0) is 36.0. The highest BCUT2D eigenvalue weighted by Crippen LogP contribution is 2.33. The highest BCUT2D eigenvalue weighted by atomic mass is 16.6. The number of fused-ring (bicyclic) bond motifs is 1. The number of ether oxygens (including phenoxy) is 6. The molecule has 0 radical (unpaired) electrons. The summed E-state index contributed by atoms with van der Waals surface area (Å²) in [6.07, 6.45) is 1.88. The maximum atomic E-state index is 13.3. The standard InChI is InChI=1S/C43H50N2O7/c1-47-25-10-23-45-37(28-35-14-6-8-16-40(35)45)32-51-42-29-44(43(46)52-30-33-12-4-3-5-13-33)24-22-39(42)34-18-20-38(21-19-34)50-27-11-26-49-31-36-15-7-9-17-41(36)48-2/h3-9,12-21,28,39,42H,10-11,22-27,29-32H2,1-2H3. The Labute approximate surface area is 307 Å². The molecule has 2 heterocycles. The number of nitrogens with zero attached hydrogens (tertiary/aromatic N) is 2. The van der Waals surface area contributed by atoms with E-state index in [1.54, 1.807) is 19.1 Å². The van der Waals surface area contributed by atoms with Gasteiger partial charge in [0.15, 0.2) is 0 Å². The molecule has 5 aromatic rings. The number of rotatable bonds is 18. The van der Waals surface area contributed by atoms with Gasteiger partial charge in [-0.05, 0) is 59.7 Å². The molecule has 52 heavy (non-hydrogen) atoms. The molecule has 6 rings (SSSR count). The number of piperidine rings is 1. The minimum absolute atomic E-state index is 0.0990. The van der Waals surface area contributed by atoms with Crippen LogP contribution in [0.3, 0.4) is 0 Å². The van der Waals surface area contributed by atoms with Crippen molar-refractivity contribution in [1.29, 1.82) is 0 Å². The van der Waals surface area contributed by atoms with Crippen LogP contribution in [0.5, 0.6) is 11.5 Å². The average molecular weight is 707 g/mol. The van der Waals surface area contributed by atoms with Crippen LogP contribution in [0.2, 0.25) is 0 Å². The van der Waals surface area contributed by atoms with Crippen LogP contribution in [-0.4, -0.2) is 68.8 Å². The molecule has 0 saturated carbocycles. The van der Waals surface area contributed by atoms with Crippen LogP contribution >= 0.6 is 0 Å². The van der Waals surface area contributed by atoms with Crippen LogP contribution in [0.1, 0.15) is 47.6 Å². The smallest absolute Gasteiger partial charge is 0.410 e. The first-order valence-electron chi connectivity index (χ1n) is 18.2. The van der Waals surface area contributed by atoms with E-state index in [0.29, 0.717) is 46.1 Å². The molecule has 0 bridgehead atoms. The van der Waals surface area contributed by atoms with Gasteiger partial charge in [-0.1, -0.05) is 78.9 Å². The molecule has 1 aliphatic rings. The van der Waals surface area contributed by atoms with Crippen molar-refractivity contribution in [2.75, 3.05) is 47.1 Å². The third-order valence-electron chi connectivity index (χ3n) is 9.55. The summed E-state index contributed by atoms with van der Waals surface area (Å²) < 4.78 is 37.5. The molecule has 1 aliphatic heterocycles. The predicted octanol–water partition coefficient (Wildman–Crippen LogP) is 8.38. The van der Waals surface area contributed by atoms with E-state index in [1.807, 2.05) is 66.7 Å². The monoisotopic (exact) mass is 706 g/mol. The largest absolute Gasteiger partial charge is 0.496 e. The van der Waals surface area contributed by atoms with E-state index in [2.05, 4.69) is 47.0 Å². The molecule has 1 aromatic heterocycles. The van der Waals surface area contributed by atoms with Crippen LogP contribution in [-0.2, 0) is 45.3 Å². The van der Waals surface area contributed by atoms with Crippen LogP contribution in [0.25, 0.3) is 10.9 Å². The Morgan fingerprint density at radius 3 is 2.40 bits per heavy atom. The SMILES string of the molecule is COCCCn1c(COC2CN(C(=O)OCc3ccccc3)CCC2c2ccc(OCCCOCc3ccccc3OC)cc2)cc2ccccc21. The van der Waals surface area contributed by atoms with Gasteiger partial charge in [-0.15, -0.1) is 0 Å². The molecule has 4 aromatic carbocycles. The molecule has 1 amide bonds. The van der Waals surface area contributed by atoms with E-state index >= 15 is 0 Å². The van der Waals surface area contributed by atoms with E-state index in [1.165, 1.54) is 10.9 Å². The summed E-state index contributed by atoms with van der Waals surface area (Å²) in [5.74, 6) is 1.75. The number of para-hydroxylation sites is 2. The lowest BCUT2D eigenvalue weighted by Crippen LogP contribution is -2.47. The van der Waals surface area contributed by atoms with Gasteiger partial charge in [0.25, 0.3) is 0 Å². The minimum Gasteiger partial charge on any atom is -0.496 e. The number of hydrogen-bond acceptors (Lipinski definition) is 7. The van der Waals surface area contributed by atoms with Crippen molar-refractivity contribution in [2.45, 2.75) is 57.6 Å². The van der Waals surface area contributed by atoms with Crippen molar-refractivity contribution in [3.8, 4) is 11.5 Å². The van der Waals surface area contributed by atoms with Gasteiger partial charge in [0, 0.05) is 55.9 Å². The second kappa shape index (κ2) is 19.1. The summed E-state index contributed by atoms with van der Waals surface area (Å²) in [4.78, 5) is 15.0. The van der Waals surface area contributed by atoms with Gasteiger partial charge in [-0.25, -0.2) is 4.79 Å². The highest BCUT2D eigenvalue weighted by Gasteiger charge is 2.34. The fraction of sp³-hybridized carbons (Fsp3) is 0.372. The van der Waals surface area contributed by atoms with Crippen LogP contribution in [0.4, 0.5) is 4.79 Å². The van der Waals surface area contributed by atoms with Crippen molar-refractivity contribution in [1.82, 2.24) is 9.47 Å². The lowest BCUT2D eigenvalue weighted by atomic mass is 9.87. The first kappa shape index (κ1) is 36.9. The Hall–Kier alpha value is -4.83. The number of aromatic nitrogens is 1. The van der Waals surface area contributed by atoms with Gasteiger partial charge < -0.3 is 37.9 Å². The van der Waals surface area contributed by atoms with Gasteiger partial charge in [0.1, 0.15) is 18.1 Å². The molecular formula is C43H50N2O7. The van der Waals surface area contributed by atoms with Crippen molar-refractivity contribution in [3.05, 3.63) is 132 Å². The lowest BCUT2D eigenvalue weighted by molar-refractivity contribution is -0.0264. The highest BCUT2D eigenvalue weighted by molar-refractivity contribution is 5.81. The van der Waals surface area contributed by atoms with Crippen LogP contribution in [0, 0.1) is 0 Å². The first-order valence-corrected chi connectivity index (χ1v) is 18.2. The maximum Gasteiger partial charge on any atom is 0.410 e. The number of amides is 1. The lowest BCUT2D eigenvalue weighted by Gasteiger charge is -2.38. The number of likely N-dealkylation sites (tertiary alicyclic amines) is 1. The predicted molar refractivity (Wildman–Crippen MR) is 202 cm³/mol. The molecule has 1 fully saturated rings. The zero-order valence-electron chi connectivity index (χ0n) is 30.3. The third-order valence-corrected chi connectivity index (χ3v) is 9.55. The number of benzene rings is 4. The van der Waals surface area contributed by atoms with Gasteiger partial charge >= 0.3 is 6.09 Å². The van der Waals surface area contributed by atoms with Crippen LogP contribution in [0.15, 0.2) is 109 Å². The summed E-state index contributed by atoms with van der Waals surface area (Å²) in [5, 5.41) is 1.18. The van der Waals surface area contributed by atoms with Crippen molar-refractivity contribution < 1.29 is 33.2 Å². The van der Waals surface area contributed by atoms with E-state index in [-0.39, 0.29) is 24.7 Å². The Morgan fingerprint density at radius 2 is 1.58 bits per heavy atom.